The van der Waals surface area contributed by atoms with E-state index in [1.54, 1.807) is 6.07 Å². The lowest BCUT2D eigenvalue weighted by molar-refractivity contribution is -0.394. The maximum Gasteiger partial charge on any atom is 0.277 e. The number of hydrogen-bond donors (Lipinski definition) is 0. The smallest absolute Gasteiger partial charge is 0.277 e. The van der Waals surface area contributed by atoms with Crippen molar-refractivity contribution in [2.24, 2.45) is 0 Å². The Hall–Kier alpha value is -3.20. The monoisotopic (exact) mass is 390 g/mol. The van der Waals surface area contributed by atoms with E-state index in [1.165, 1.54) is 4.90 Å². The Morgan fingerprint density at radius 3 is 2.04 bits per heavy atom. The molecule has 0 N–H and O–H groups in total. The van der Waals surface area contributed by atoms with Crippen molar-refractivity contribution in [1.29, 1.82) is 0 Å². The van der Waals surface area contributed by atoms with E-state index in [4.69, 9.17) is 11.6 Å². The summed E-state index contributed by atoms with van der Waals surface area (Å²) in [7, 11) is 0. The highest BCUT2D eigenvalue weighted by molar-refractivity contribution is 6.30. The molecule has 27 heavy (non-hydrogen) atoms. The molecule has 0 atom stereocenters. The van der Waals surface area contributed by atoms with Gasteiger partial charge in [0.2, 0.25) is 0 Å². The van der Waals surface area contributed by atoms with Gasteiger partial charge in [0.25, 0.3) is 17.3 Å². The molecule has 3 rings (SSSR count). The number of nitro benzene ring substituents is 2. The molecule has 1 aliphatic heterocycles. The molecule has 0 bridgehead atoms. The number of nitrogens with zero attached hydrogens (tertiary/aromatic N) is 4. The average Bonchev–Trinajstić information content (AvgIpc) is 2.67. The van der Waals surface area contributed by atoms with Crippen molar-refractivity contribution in [2.45, 2.75) is 0 Å². The normalized spacial score (nSPS) is 14.1. The average molecular weight is 391 g/mol. The first-order valence-corrected chi connectivity index (χ1v) is 8.46. The summed E-state index contributed by atoms with van der Waals surface area (Å²) in [6.07, 6.45) is 0. The van der Waals surface area contributed by atoms with Crippen LogP contribution in [0.4, 0.5) is 17.1 Å². The summed E-state index contributed by atoms with van der Waals surface area (Å²) >= 11 is 6.00. The Bertz CT molecular complexity index is 880. The molecular weight excluding hydrogens is 376 g/mol. The third kappa shape index (κ3) is 4.14. The lowest BCUT2D eigenvalue weighted by atomic mass is 10.1. The number of amides is 1. The van der Waals surface area contributed by atoms with Crippen LogP contribution in [-0.4, -0.2) is 46.8 Å². The Kier molecular flexibility index (Phi) is 5.22. The number of anilines is 1. The van der Waals surface area contributed by atoms with E-state index < -0.39 is 27.1 Å². The van der Waals surface area contributed by atoms with E-state index in [0.29, 0.717) is 31.2 Å². The second-order valence-corrected chi connectivity index (χ2v) is 6.45. The van der Waals surface area contributed by atoms with Gasteiger partial charge in [0, 0.05) is 49.0 Å². The van der Waals surface area contributed by atoms with Gasteiger partial charge in [-0.1, -0.05) is 17.7 Å². The van der Waals surface area contributed by atoms with E-state index >= 15 is 0 Å². The fraction of sp³-hybridized carbons (Fsp3) is 0.235. The molecule has 1 amide bonds. The molecule has 10 heteroatoms. The van der Waals surface area contributed by atoms with Gasteiger partial charge in [-0.2, -0.15) is 0 Å². The zero-order chi connectivity index (χ0) is 19.6. The fourth-order valence-electron chi connectivity index (χ4n) is 2.95. The lowest BCUT2D eigenvalue weighted by Crippen LogP contribution is -2.48. The summed E-state index contributed by atoms with van der Waals surface area (Å²) < 4.78 is 0. The van der Waals surface area contributed by atoms with E-state index in [1.807, 2.05) is 18.2 Å². The van der Waals surface area contributed by atoms with Crippen LogP contribution in [-0.2, 0) is 0 Å². The molecule has 140 valence electrons. The van der Waals surface area contributed by atoms with Crippen LogP contribution >= 0.6 is 11.6 Å². The molecule has 0 aliphatic carbocycles. The maximum atomic E-state index is 12.7. The zero-order valence-electron chi connectivity index (χ0n) is 14.1. The van der Waals surface area contributed by atoms with Crippen LogP contribution in [0.15, 0.2) is 42.5 Å². The zero-order valence-corrected chi connectivity index (χ0v) is 14.8. The first-order chi connectivity index (χ1) is 12.8. The summed E-state index contributed by atoms with van der Waals surface area (Å²) in [5.74, 6) is -0.465. The molecule has 0 spiro atoms. The van der Waals surface area contributed by atoms with Gasteiger partial charge in [0.1, 0.15) is 0 Å². The molecule has 0 unspecified atom stereocenters. The molecule has 0 radical (unpaired) electrons. The highest BCUT2D eigenvalue weighted by Gasteiger charge is 2.26. The van der Waals surface area contributed by atoms with Crippen molar-refractivity contribution in [1.82, 2.24) is 4.90 Å². The number of piperazine rings is 1. The molecule has 9 nitrogen and oxygen atoms in total. The number of nitro groups is 2. The summed E-state index contributed by atoms with van der Waals surface area (Å²) in [6, 6.07) is 10.4. The SMILES string of the molecule is O=C(c1cc([N+](=O)[O-])cc([N+](=O)[O-])c1)N1CCN(c2cccc(Cl)c2)CC1. The first kappa shape index (κ1) is 18.6. The lowest BCUT2D eigenvalue weighted by Gasteiger charge is -2.36. The summed E-state index contributed by atoms with van der Waals surface area (Å²) in [4.78, 5) is 36.8. The molecule has 0 saturated carbocycles. The van der Waals surface area contributed by atoms with E-state index in [-0.39, 0.29) is 5.56 Å². The van der Waals surface area contributed by atoms with Crippen molar-refractivity contribution in [3.05, 3.63) is 73.3 Å². The Balaban J connectivity index is 1.76. The van der Waals surface area contributed by atoms with E-state index in [9.17, 15) is 25.0 Å². The fourth-order valence-corrected chi connectivity index (χ4v) is 3.14. The van der Waals surface area contributed by atoms with Crippen molar-refractivity contribution < 1.29 is 14.6 Å². The van der Waals surface area contributed by atoms with Gasteiger partial charge in [0.05, 0.1) is 21.5 Å². The Morgan fingerprint density at radius 1 is 0.926 bits per heavy atom. The summed E-state index contributed by atoms with van der Waals surface area (Å²) in [6.45, 7) is 1.90. The van der Waals surface area contributed by atoms with Crippen LogP contribution in [0.3, 0.4) is 0 Å². The number of hydrogen-bond acceptors (Lipinski definition) is 6. The number of rotatable bonds is 4. The Morgan fingerprint density at radius 2 is 1.52 bits per heavy atom. The van der Waals surface area contributed by atoms with Gasteiger partial charge in [-0.15, -0.1) is 0 Å². The van der Waals surface area contributed by atoms with Crippen LogP contribution in [0.5, 0.6) is 0 Å². The van der Waals surface area contributed by atoms with Crippen molar-refractivity contribution in [2.75, 3.05) is 31.1 Å². The van der Waals surface area contributed by atoms with Gasteiger partial charge in [-0.25, -0.2) is 0 Å². The van der Waals surface area contributed by atoms with Crippen LogP contribution in [0.2, 0.25) is 5.02 Å². The third-order valence-corrected chi connectivity index (χ3v) is 4.55. The van der Waals surface area contributed by atoms with Crippen LogP contribution in [0.25, 0.3) is 0 Å². The standard InChI is InChI=1S/C17H15ClN4O5/c18-13-2-1-3-14(10-13)19-4-6-20(7-5-19)17(23)12-8-15(21(24)25)11-16(9-12)22(26)27/h1-3,8-11H,4-7H2. The van der Waals surface area contributed by atoms with Gasteiger partial charge >= 0.3 is 0 Å². The second kappa shape index (κ2) is 7.58. The molecule has 2 aromatic carbocycles. The number of non-ortho nitro benzene ring substituents is 2. The predicted molar refractivity (Wildman–Crippen MR) is 99.3 cm³/mol. The maximum absolute atomic E-state index is 12.7. The highest BCUT2D eigenvalue weighted by Crippen LogP contribution is 2.25. The molecule has 1 saturated heterocycles. The van der Waals surface area contributed by atoms with E-state index in [2.05, 4.69) is 4.90 Å². The highest BCUT2D eigenvalue weighted by atomic mass is 35.5. The van der Waals surface area contributed by atoms with Gasteiger partial charge in [-0.3, -0.25) is 25.0 Å². The minimum Gasteiger partial charge on any atom is -0.368 e. The Labute approximate surface area is 159 Å². The quantitative estimate of drug-likeness (QED) is 0.586. The summed E-state index contributed by atoms with van der Waals surface area (Å²) in [5, 5.41) is 22.6. The molecule has 1 aliphatic rings. The molecule has 1 heterocycles. The first-order valence-electron chi connectivity index (χ1n) is 8.09. The minimum atomic E-state index is -0.749. The van der Waals surface area contributed by atoms with Crippen molar-refractivity contribution >= 4 is 34.6 Å². The number of halogens is 1. The second-order valence-electron chi connectivity index (χ2n) is 6.01. The number of carbonyl (C=O) groups excluding carboxylic acids is 1. The van der Waals surface area contributed by atoms with Crippen molar-refractivity contribution in [3.63, 3.8) is 0 Å². The third-order valence-electron chi connectivity index (χ3n) is 4.31. The van der Waals surface area contributed by atoms with Crippen LogP contribution in [0, 0.1) is 20.2 Å². The van der Waals surface area contributed by atoms with Gasteiger partial charge in [0.15, 0.2) is 0 Å². The van der Waals surface area contributed by atoms with Crippen LogP contribution < -0.4 is 4.90 Å². The molecule has 1 fully saturated rings. The van der Waals surface area contributed by atoms with Gasteiger partial charge < -0.3 is 9.80 Å². The molecular formula is C17H15ClN4O5. The number of carbonyl (C=O) groups is 1. The predicted octanol–water partition coefficient (Wildman–Crippen LogP) is 3.12. The number of benzene rings is 2. The minimum absolute atomic E-state index is 0.0629. The topological polar surface area (TPSA) is 110 Å². The molecule has 0 aromatic heterocycles. The molecule has 2 aromatic rings. The van der Waals surface area contributed by atoms with Crippen molar-refractivity contribution in [3.8, 4) is 0 Å². The van der Waals surface area contributed by atoms with Crippen LogP contribution in [0.1, 0.15) is 10.4 Å². The van der Waals surface area contributed by atoms with E-state index in [0.717, 1.165) is 23.9 Å². The van der Waals surface area contributed by atoms with Gasteiger partial charge in [-0.05, 0) is 18.2 Å². The summed E-state index contributed by atoms with van der Waals surface area (Å²) in [5.41, 5.74) is -0.0806. The largest absolute Gasteiger partial charge is 0.368 e.